The van der Waals surface area contributed by atoms with E-state index in [0.29, 0.717) is 0 Å². The minimum atomic E-state index is 0.958. The average molecular weight is 851 g/mol. The number of allylic oxidation sites excluding steroid dienone is 1. The fourth-order valence-electron chi connectivity index (χ4n) is 8.62. The van der Waals surface area contributed by atoms with Gasteiger partial charge in [-0.2, -0.15) is 0 Å². The third-order valence-electron chi connectivity index (χ3n) is 11.6. The molecular formula is C59H50N2S2. The minimum absolute atomic E-state index is 0.958. The summed E-state index contributed by atoms with van der Waals surface area (Å²) in [5.41, 5.74) is 10.1. The highest BCUT2D eigenvalue weighted by atomic mass is 32.1. The van der Waals surface area contributed by atoms with E-state index in [2.05, 4.69) is 219 Å². The van der Waals surface area contributed by atoms with Crippen LogP contribution in [0.15, 0.2) is 195 Å². The highest BCUT2D eigenvalue weighted by Gasteiger charge is 2.19. The van der Waals surface area contributed by atoms with Gasteiger partial charge in [-0.25, -0.2) is 0 Å². The molecule has 0 aliphatic heterocycles. The number of thiophene rings is 2. The lowest BCUT2D eigenvalue weighted by atomic mass is 10.0. The van der Waals surface area contributed by atoms with Gasteiger partial charge in [0, 0.05) is 68.5 Å². The van der Waals surface area contributed by atoms with Crippen molar-refractivity contribution in [2.45, 2.75) is 34.1 Å². The minimum Gasteiger partial charge on any atom is -0.310 e. The first-order valence-corrected chi connectivity index (χ1v) is 23.4. The maximum absolute atomic E-state index is 4.40. The van der Waals surface area contributed by atoms with Crippen LogP contribution in [0.1, 0.15) is 37.6 Å². The summed E-state index contributed by atoms with van der Waals surface area (Å²) >= 11 is 3.70. The third kappa shape index (κ3) is 7.89. The van der Waals surface area contributed by atoms with Gasteiger partial charge in [0.25, 0.3) is 0 Å². The monoisotopic (exact) mass is 850 g/mol. The fourth-order valence-corrected chi connectivity index (χ4v) is 10.7. The van der Waals surface area contributed by atoms with Crippen LogP contribution in [0.4, 0.5) is 28.4 Å². The number of benzene rings is 8. The van der Waals surface area contributed by atoms with Crippen molar-refractivity contribution in [2.75, 3.05) is 9.80 Å². The number of nitrogens with zero attached hydrogens (tertiary/aromatic N) is 2. The Labute approximate surface area is 379 Å². The van der Waals surface area contributed by atoms with Crippen molar-refractivity contribution < 1.29 is 0 Å². The molecule has 0 spiro atoms. The molecule has 0 bridgehead atoms. The average Bonchev–Trinajstić information content (AvgIpc) is 3.87. The number of aryl methyl sites for hydroxylation is 1. The molecule has 2 nitrogen and oxygen atoms in total. The molecule has 2 heterocycles. The van der Waals surface area contributed by atoms with E-state index in [-0.39, 0.29) is 0 Å². The van der Waals surface area contributed by atoms with Gasteiger partial charge in [0.2, 0.25) is 0 Å². The van der Waals surface area contributed by atoms with E-state index in [4.69, 9.17) is 0 Å². The SMILES string of the molecule is C=C/C(=c1/ccccc1=C)N(c1ccc(-c2ccc(N(c3ccc4sc5ccccc5c4c3)c3cccc4ccccc34)cc2)cc1)c1ccc2sc(C)c(/C=C\CC)c2c1.CC. The molecule has 0 atom stereocenters. The highest BCUT2D eigenvalue weighted by Crippen LogP contribution is 2.44. The van der Waals surface area contributed by atoms with E-state index in [0.717, 1.165) is 62.1 Å². The van der Waals surface area contributed by atoms with Gasteiger partial charge in [0.05, 0.1) is 11.4 Å². The molecule has 0 unspecified atom stereocenters. The van der Waals surface area contributed by atoms with Crippen molar-refractivity contribution in [1.29, 1.82) is 0 Å². The predicted octanol–water partition coefficient (Wildman–Crippen LogP) is 16.9. The maximum Gasteiger partial charge on any atom is 0.0540 e. The van der Waals surface area contributed by atoms with Gasteiger partial charge in [-0.3, -0.25) is 0 Å². The van der Waals surface area contributed by atoms with Crippen molar-refractivity contribution in [3.63, 3.8) is 0 Å². The van der Waals surface area contributed by atoms with Crippen molar-refractivity contribution in [3.05, 3.63) is 216 Å². The molecule has 2 aromatic heterocycles. The molecule has 308 valence electrons. The smallest absolute Gasteiger partial charge is 0.0540 e. The molecular weight excluding hydrogens is 801 g/mol. The molecule has 0 aliphatic rings. The summed E-state index contributed by atoms with van der Waals surface area (Å²) in [6.45, 7) is 17.1. The van der Waals surface area contributed by atoms with E-state index < -0.39 is 0 Å². The molecule has 0 saturated heterocycles. The topological polar surface area (TPSA) is 6.48 Å². The van der Waals surface area contributed by atoms with Gasteiger partial charge in [0.15, 0.2) is 0 Å². The van der Waals surface area contributed by atoms with E-state index in [1.54, 1.807) is 0 Å². The van der Waals surface area contributed by atoms with Gasteiger partial charge in [-0.1, -0.05) is 149 Å². The lowest BCUT2D eigenvalue weighted by Gasteiger charge is -2.27. The second kappa shape index (κ2) is 18.2. The molecule has 10 aromatic rings. The Morgan fingerprint density at radius 1 is 0.556 bits per heavy atom. The molecule has 10 rings (SSSR count). The lowest BCUT2D eigenvalue weighted by molar-refractivity contribution is 1.23. The Kier molecular flexibility index (Phi) is 11.9. The van der Waals surface area contributed by atoms with Crippen LogP contribution in [0.25, 0.3) is 70.5 Å². The first-order valence-electron chi connectivity index (χ1n) is 21.8. The van der Waals surface area contributed by atoms with Gasteiger partial charge in [0.1, 0.15) is 0 Å². The Morgan fingerprint density at radius 2 is 1.14 bits per heavy atom. The molecule has 0 radical (unpaired) electrons. The number of fused-ring (bicyclic) bond motifs is 5. The van der Waals surface area contributed by atoms with Crippen LogP contribution in [-0.2, 0) is 0 Å². The summed E-state index contributed by atoms with van der Waals surface area (Å²) < 4.78 is 3.89. The maximum atomic E-state index is 4.40. The summed E-state index contributed by atoms with van der Waals surface area (Å²) in [6.07, 6.45) is 7.48. The molecule has 0 saturated carbocycles. The van der Waals surface area contributed by atoms with Crippen LogP contribution in [0.2, 0.25) is 0 Å². The number of anilines is 5. The van der Waals surface area contributed by atoms with Gasteiger partial charge >= 0.3 is 0 Å². The Bertz CT molecular complexity index is 3400. The zero-order valence-electron chi connectivity index (χ0n) is 36.3. The summed E-state index contributed by atoms with van der Waals surface area (Å²) in [5, 5.41) is 8.27. The first kappa shape index (κ1) is 41.4. The summed E-state index contributed by atoms with van der Waals surface area (Å²) in [4.78, 5) is 6.05. The van der Waals surface area contributed by atoms with Crippen LogP contribution < -0.4 is 20.2 Å². The normalized spacial score (nSPS) is 11.9. The van der Waals surface area contributed by atoms with Crippen LogP contribution in [-0.4, -0.2) is 0 Å². The quantitative estimate of drug-likeness (QED) is 0.135. The van der Waals surface area contributed by atoms with Crippen LogP contribution >= 0.6 is 22.7 Å². The standard InChI is InChI=1S/C57H44N2S2.C2H6/c1-5-7-18-48-39(4)60-56-34-32-45(36-51(48)56)58(53(6-2)47-19-10-8-15-38(47)3)43-28-24-40(25-29-43)41-26-30-44(31-27-41)59(54-22-14-17-42-16-9-11-20-49(42)54)46-33-35-57-52(37-46)50-21-12-13-23-55(50)61-57;1-2/h6-37H,2-3,5H2,1,4H3;1-2H3/b18-7-,53-47+;. The number of hydrogen-bond donors (Lipinski definition) is 0. The van der Waals surface area contributed by atoms with Crippen molar-refractivity contribution >= 4 is 110 Å². The number of rotatable bonds is 10. The van der Waals surface area contributed by atoms with Crippen LogP contribution in [0, 0.1) is 6.92 Å². The molecule has 0 N–H and O–H groups in total. The van der Waals surface area contributed by atoms with Crippen LogP contribution in [0.3, 0.4) is 0 Å². The number of hydrogen-bond acceptors (Lipinski definition) is 4. The largest absolute Gasteiger partial charge is 0.310 e. The third-order valence-corrected chi connectivity index (χ3v) is 13.9. The molecule has 4 heteroatoms. The first-order chi connectivity index (χ1) is 31.0. The summed E-state index contributed by atoms with van der Waals surface area (Å²) in [5.74, 6) is 0. The zero-order chi connectivity index (χ0) is 43.5. The van der Waals surface area contributed by atoms with Crippen molar-refractivity contribution in [3.8, 4) is 11.1 Å². The van der Waals surface area contributed by atoms with Crippen LogP contribution in [0.5, 0.6) is 0 Å². The molecule has 0 amide bonds. The second-order valence-electron chi connectivity index (χ2n) is 15.4. The van der Waals surface area contributed by atoms with Crippen molar-refractivity contribution in [1.82, 2.24) is 0 Å². The highest BCUT2D eigenvalue weighted by molar-refractivity contribution is 7.25. The van der Waals surface area contributed by atoms with Gasteiger partial charge < -0.3 is 9.80 Å². The van der Waals surface area contributed by atoms with Gasteiger partial charge in [-0.15, -0.1) is 22.7 Å². The molecule has 63 heavy (non-hydrogen) atoms. The Hall–Kier alpha value is -6.98. The predicted molar refractivity (Wildman–Crippen MR) is 281 cm³/mol. The Morgan fingerprint density at radius 3 is 1.87 bits per heavy atom. The van der Waals surface area contributed by atoms with Crippen molar-refractivity contribution in [2.24, 2.45) is 0 Å². The lowest BCUT2D eigenvalue weighted by Crippen LogP contribution is -2.31. The zero-order valence-corrected chi connectivity index (χ0v) is 37.9. The second-order valence-corrected chi connectivity index (χ2v) is 17.7. The Balaban J connectivity index is 0.00000249. The van der Waals surface area contributed by atoms with Gasteiger partial charge in [-0.05, 0) is 120 Å². The van der Waals surface area contributed by atoms with E-state index in [1.807, 2.05) is 48.7 Å². The molecule has 0 fully saturated rings. The molecule has 0 aliphatic carbocycles. The summed E-state index contributed by atoms with van der Waals surface area (Å²) in [6, 6.07) is 63.9. The summed E-state index contributed by atoms with van der Waals surface area (Å²) in [7, 11) is 0. The van der Waals surface area contributed by atoms with E-state index >= 15 is 0 Å². The fraction of sp³-hybridized carbons (Fsp3) is 0.0847. The van der Waals surface area contributed by atoms with E-state index in [9.17, 15) is 0 Å². The van der Waals surface area contributed by atoms with E-state index in [1.165, 1.54) is 51.5 Å². The molecule has 8 aromatic carbocycles.